The minimum absolute atomic E-state index is 0. The number of rotatable bonds is 0. The molecule has 40 valence electrons. The van der Waals surface area contributed by atoms with Gasteiger partial charge in [0.15, 0.2) is 0 Å². The van der Waals surface area contributed by atoms with Crippen LogP contribution in [0.3, 0.4) is 0 Å². The summed E-state index contributed by atoms with van der Waals surface area (Å²) in [4.78, 5) is 0. The Morgan fingerprint density at radius 1 is 0.250 bits per heavy atom. The minimum Gasteiger partial charge on any atom is -3.00 e. The van der Waals surface area contributed by atoms with Crippen LogP contribution in [-0.4, -0.2) is 0 Å². The van der Waals surface area contributed by atoms with Gasteiger partial charge in [-0.1, -0.05) is 0 Å². The van der Waals surface area contributed by atoms with E-state index in [4.69, 9.17) is 0 Å². The molecule has 0 amide bonds. The average molecular weight is 698 g/mol. The van der Waals surface area contributed by atoms with E-state index in [0.717, 1.165) is 0 Å². The Kier molecular flexibility index (Phi) is 670. The van der Waals surface area contributed by atoms with E-state index >= 15 is 0 Å². The molecule has 0 aliphatic heterocycles. The molecular weight excluding hydrogens is 698 g/mol. The van der Waals surface area contributed by atoms with E-state index in [-0.39, 0.29) is 117 Å². The summed E-state index contributed by atoms with van der Waals surface area (Å²) >= 11 is 0. The molecule has 0 aromatic rings. The van der Waals surface area contributed by atoms with Gasteiger partial charge in [-0.2, -0.15) is 0 Å². The van der Waals surface area contributed by atoms with Gasteiger partial charge in [-0.3, -0.25) is 0 Å². The van der Waals surface area contributed by atoms with Crippen molar-refractivity contribution in [3.8, 4) is 0 Å². The van der Waals surface area contributed by atoms with E-state index in [9.17, 15) is 0 Å². The second kappa shape index (κ2) is 64.0. The summed E-state index contributed by atoms with van der Waals surface area (Å²) in [6.07, 6.45) is 0. The van der Waals surface area contributed by atoms with Crippen molar-refractivity contribution in [2.75, 3.05) is 0 Å². The Labute approximate surface area is 115 Å². The van der Waals surface area contributed by atoms with Crippen LogP contribution in [0.1, 0.15) is 0 Å². The van der Waals surface area contributed by atoms with Gasteiger partial charge in [0.1, 0.15) is 0 Å². The summed E-state index contributed by atoms with van der Waals surface area (Å²) in [7, 11) is 0. The molecule has 0 unspecified atom stereocenters. The van der Waals surface area contributed by atoms with Crippen molar-refractivity contribution in [3.05, 3.63) is 0 Å². The van der Waals surface area contributed by atoms with E-state index < -0.39 is 0 Å². The molecule has 0 saturated heterocycles. The zero-order valence-corrected chi connectivity index (χ0v) is 17.7. The first-order chi connectivity index (χ1) is 0. The van der Waals surface area contributed by atoms with E-state index in [2.05, 4.69) is 0 Å². The number of hydrogen-bond donors (Lipinski definition) is 0. The Bertz CT molecular complexity index is 7.64. The van der Waals surface area contributed by atoms with Crippen molar-refractivity contribution in [2.24, 2.45) is 0 Å². The molecule has 0 spiro atoms. The fourth-order valence-electron chi connectivity index (χ4n) is 0. The summed E-state index contributed by atoms with van der Waals surface area (Å²) < 4.78 is 0. The van der Waals surface area contributed by atoms with Gasteiger partial charge in [-0.05, 0) is 0 Å². The van der Waals surface area contributed by atoms with Crippen molar-refractivity contribution in [1.29, 1.82) is 0 Å². The van der Waals surface area contributed by atoms with Gasteiger partial charge in [-0.25, -0.2) is 0 Å². The van der Waals surface area contributed by atoms with Gasteiger partial charge >= 0.3 is 67.1 Å². The molecule has 0 radical (unpaired) electrons. The predicted octanol–water partition coefficient (Wildman–Crippen LogP) is 4.30. The summed E-state index contributed by atoms with van der Waals surface area (Å²) in [5.41, 5.74) is 0. The molecule has 0 fully saturated rings. The standard InChI is InChI=1S/5P.3Ta/q5*-3;3*+5. The maximum absolute atomic E-state index is 0. The van der Waals surface area contributed by atoms with Crippen molar-refractivity contribution < 1.29 is 67.1 Å². The third kappa shape index (κ3) is 47.7. The van der Waals surface area contributed by atoms with Gasteiger partial charge in [0.25, 0.3) is 0 Å². The molecule has 0 saturated carbocycles. The zero-order valence-electron chi connectivity index (χ0n) is 3.58. The van der Waals surface area contributed by atoms with Gasteiger partial charge in [0.05, 0.1) is 0 Å². The first kappa shape index (κ1) is 83.7. The third-order valence-electron chi connectivity index (χ3n) is 0. The summed E-state index contributed by atoms with van der Waals surface area (Å²) in [5, 5.41) is 0. The SMILES string of the molecule is [P-3].[P-3].[P-3].[P-3].[P-3].[Ta+5].[Ta+5].[Ta+5]. The second-order valence-electron chi connectivity index (χ2n) is 0. The maximum Gasteiger partial charge on any atom is 5.00 e. The molecule has 0 bridgehead atoms. The molecule has 0 aliphatic rings. The third-order valence-corrected chi connectivity index (χ3v) is 0. The predicted molar refractivity (Wildman–Crippen MR) is 34.6 cm³/mol. The van der Waals surface area contributed by atoms with Gasteiger partial charge in [-0.15, -0.1) is 0 Å². The van der Waals surface area contributed by atoms with Crippen LogP contribution in [0.25, 0.3) is 0 Å². The van der Waals surface area contributed by atoms with Gasteiger partial charge in [0.2, 0.25) is 0 Å². The molecule has 8 heavy (non-hydrogen) atoms. The molecule has 8 heteroatoms. The Balaban J connectivity index is 0. The fourth-order valence-corrected chi connectivity index (χ4v) is 0. The van der Waals surface area contributed by atoms with E-state index in [1.165, 1.54) is 0 Å². The average Bonchev–Trinajstić information content (AvgIpc) is 0. The molecule has 0 atom stereocenters. The molecule has 0 N–H and O–H groups in total. The summed E-state index contributed by atoms with van der Waals surface area (Å²) in [5.74, 6) is 0. The Hall–Kier alpha value is 4.37. The molecule has 0 nitrogen and oxygen atoms in total. The topological polar surface area (TPSA) is 0 Å². The van der Waals surface area contributed by atoms with Crippen LogP contribution in [0.5, 0.6) is 0 Å². The molecule has 0 heterocycles. The van der Waals surface area contributed by atoms with E-state index in [1.54, 1.807) is 0 Å². The second-order valence-corrected chi connectivity index (χ2v) is 0. The summed E-state index contributed by atoms with van der Waals surface area (Å²) in [6.45, 7) is 0. The molecule has 0 aromatic heterocycles. The van der Waals surface area contributed by atoms with Crippen LogP contribution < -0.4 is 0 Å². The quantitative estimate of drug-likeness (QED) is 0.332. The number of hydrogen-bond acceptors (Lipinski definition) is 0. The Morgan fingerprint density at radius 3 is 0.250 bits per heavy atom. The minimum atomic E-state index is 0. The molecule has 0 aliphatic carbocycles. The largest absolute Gasteiger partial charge is 5.00 e. The van der Waals surface area contributed by atoms with Crippen LogP contribution in [0, 0.1) is 0 Å². The van der Waals surface area contributed by atoms with Crippen LogP contribution in [0.15, 0.2) is 0 Å². The normalized spacial score (nSPS) is 0. The maximum atomic E-state index is 0. The van der Waals surface area contributed by atoms with Crippen LogP contribution in [0.4, 0.5) is 0 Å². The van der Waals surface area contributed by atoms with E-state index in [1.807, 2.05) is 0 Å². The van der Waals surface area contributed by atoms with Crippen molar-refractivity contribution in [2.45, 2.75) is 0 Å². The van der Waals surface area contributed by atoms with Crippen LogP contribution >= 0.6 is 49.5 Å². The monoisotopic (exact) mass is 698 g/mol. The molecule has 0 aromatic carbocycles. The van der Waals surface area contributed by atoms with Crippen LogP contribution in [0.2, 0.25) is 0 Å². The fraction of sp³-hybridized carbons (Fsp3) is 0. The molecule has 0 rings (SSSR count). The van der Waals surface area contributed by atoms with Crippen molar-refractivity contribution >= 4 is 49.5 Å². The summed E-state index contributed by atoms with van der Waals surface area (Å²) in [6, 6.07) is 0. The van der Waals surface area contributed by atoms with Crippen LogP contribution in [-0.2, 0) is 67.1 Å². The molecular formula is P5Ta3. The van der Waals surface area contributed by atoms with Crippen molar-refractivity contribution in [1.82, 2.24) is 0 Å². The first-order valence-corrected chi connectivity index (χ1v) is 0. The first-order valence-electron chi connectivity index (χ1n) is 0. The van der Waals surface area contributed by atoms with Gasteiger partial charge in [0, 0.05) is 0 Å². The van der Waals surface area contributed by atoms with Gasteiger partial charge < -0.3 is 49.5 Å². The van der Waals surface area contributed by atoms with E-state index in [0.29, 0.717) is 0 Å². The zero-order chi connectivity index (χ0) is 0. The Morgan fingerprint density at radius 2 is 0.250 bits per heavy atom. The van der Waals surface area contributed by atoms with Crippen molar-refractivity contribution in [3.63, 3.8) is 0 Å². The smallest absolute Gasteiger partial charge is 3.00 e.